The van der Waals surface area contributed by atoms with Crippen LogP contribution in [0.3, 0.4) is 0 Å². The molecule has 34 atom stereocenters. The van der Waals surface area contributed by atoms with Crippen molar-refractivity contribution in [1.82, 2.24) is 0 Å². The number of carbonyl (C=O) groups excluding carboxylic acids is 1. The average Bonchev–Trinajstić information content (AvgIpc) is 1.29. The maximum absolute atomic E-state index is 13.1. The van der Waals surface area contributed by atoms with E-state index in [0.29, 0.717) is 19.3 Å². The Hall–Kier alpha value is -0.860. The molecule has 5 saturated heterocycles. The molecule has 12 N–H and O–H groups in total. The molecule has 0 bridgehead atoms. The summed E-state index contributed by atoms with van der Waals surface area (Å²) in [5.41, 5.74) is 1.24. The van der Waals surface area contributed by atoms with Gasteiger partial charge in [0.15, 0.2) is 37.2 Å². The van der Waals surface area contributed by atoms with Crippen LogP contribution in [0.2, 0.25) is 0 Å². The van der Waals surface area contributed by atoms with E-state index in [4.69, 9.17) is 51.6 Å². The molecule has 27 nitrogen and oxygen atoms in total. The predicted molar refractivity (Wildman–Crippen MR) is 287 cm³/mol. The molecule has 488 valence electrons. The fourth-order valence-corrected chi connectivity index (χ4v) is 16.3. The molecule has 5 aliphatic heterocycles. The first kappa shape index (κ1) is 71.0. The smallest absolute Gasteiger partial charge is 0.726 e. The van der Waals surface area contributed by atoms with Crippen LogP contribution in [0.1, 0.15) is 114 Å². The van der Waals surface area contributed by atoms with E-state index in [0.717, 1.165) is 24.8 Å². The maximum Gasteiger partial charge on any atom is 1.00 e. The molecule has 86 heavy (non-hydrogen) atoms. The molecule has 8 fully saturated rings. The van der Waals surface area contributed by atoms with Crippen molar-refractivity contribution < 1.29 is 160 Å². The molecule has 0 spiro atoms. The topological polar surface area (TPSA) is 419 Å². The predicted octanol–water partition coefficient (Wildman–Crippen LogP) is -4.82. The molecular formula is C57H91NaO27S. The van der Waals surface area contributed by atoms with Crippen LogP contribution in [0.15, 0.2) is 23.3 Å². The van der Waals surface area contributed by atoms with Gasteiger partial charge in [0.2, 0.25) is 10.4 Å². The molecule has 0 aromatic heterocycles. The second-order valence-corrected chi connectivity index (χ2v) is 27.3. The van der Waals surface area contributed by atoms with E-state index in [2.05, 4.69) is 26.8 Å². The van der Waals surface area contributed by atoms with E-state index in [1.54, 1.807) is 6.08 Å². The summed E-state index contributed by atoms with van der Waals surface area (Å²) in [5.74, 6) is -0.169. The number of ether oxygens (including phenoxy) is 10. The van der Waals surface area contributed by atoms with Crippen molar-refractivity contribution in [3.63, 3.8) is 0 Å². The molecule has 9 aliphatic rings. The number of allylic oxidation sites excluding steroid dienone is 4. The van der Waals surface area contributed by atoms with Crippen LogP contribution in [0, 0.1) is 40.4 Å². The molecule has 3 saturated carbocycles. The second-order valence-electron chi connectivity index (χ2n) is 26.3. The molecule has 5 heterocycles. The Balaban J connectivity index is 0.00000961. The van der Waals surface area contributed by atoms with Gasteiger partial charge in [0.1, 0.15) is 97.7 Å². The Bertz CT molecular complexity index is 2480. The third-order valence-electron chi connectivity index (χ3n) is 20.4. The average molecular weight is 1260 g/mol. The molecule has 9 rings (SSSR count). The van der Waals surface area contributed by atoms with Crippen LogP contribution in [-0.4, -0.2) is 252 Å². The van der Waals surface area contributed by atoms with Gasteiger partial charge in [0, 0.05) is 6.42 Å². The Labute approximate surface area is 523 Å². The number of hydrogen-bond donors (Lipinski definition) is 12. The Morgan fingerprint density at radius 1 is 0.628 bits per heavy atom. The van der Waals surface area contributed by atoms with Gasteiger partial charge in [-0.15, -0.1) is 0 Å². The third kappa shape index (κ3) is 14.1. The van der Waals surface area contributed by atoms with Gasteiger partial charge >= 0.3 is 29.6 Å². The summed E-state index contributed by atoms with van der Waals surface area (Å²) >= 11 is 0. The van der Waals surface area contributed by atoms with Crippen LogP contribution in [0.4, 0.5) is 0 Å². The number of aliphatic hydroxyl groups is 12. The van der Waals surface area contributed by atoms with E-state index in [1.165, 1.54) is 33.3 Å². The monoisotopic (exact) mass is 1260 g/mol. The fourth-order valence-electron chi connectivity index (χ4n) is 15.8. The molecule has 29 heteroatoms. The van der Waals surface area contributed by atoms with E-state index in [1.807, 2.05) is 13.8 Å². The SMILES string of the molecule is CC(C)=CC(=O)CC(C)[C@H]1CCC2C3C[C@H](OC4OC(CO)C(O)C(OC5OC(C)C(OC6OC(C)C(O)C(O)C6OC6OC(C)C(O)C(O)C6O)C(O)C5OC5OC(C)C(O)C(O)C5O)C4O)C4C[C@@H](OS(=O)(=O)[O-])CC[C@]4(C)C3=CC[C@@]21C.[Na+]. The minimum Gasteiger partial charge on any atom is -0.726 e. The summed E-state index contributed by atoms with van der Waals surface area (Å²) in [5, 5.41) is 134. The Morgan fingerprint density at radius 2 is 1.14 bits per heavy atom. The molecular weight excluding hydrogens is 1170 g/mol. The van der Waals surface area contributed by atoms with Gasteiger partial charge < -0.3 is 113 Å². The molecule has 29 unspecified atom stereocenters. The van der Waals surface area contributed by atoms with Gasteiger partial charge in [-0.25, -0.2) is 8.42 Å². The molecule has 0 radical (unpaired) electrons. The van der Waals surface area contributed by atoms with E-state index < -0.39 is 194 Å². The molecule has 0 amide bonds. The van der Waals surface area contributed by atoms with Gasteiger partial charge in [-0.1, -0.05) is 38.0 Å². The van der Waals surface area contributed by atoms with E-state index >= 15 is 0 Å². The zero-order chi connectivity index (χ0) is 62.3. The van der Waals surface area contributed by atoms with E-state index in [-0.39, 0.29) is 77.3 Å². The van der Waals surface area contributed by atoms with Crippen molar-refractivity contribution in [2.24, 2.45) is 40.4 Å². The minimum absolute atomic E-state index is 0. The van der Waals surface area contributed by atoms with Crippen LogP contribution in [0.5, 0.6) is 0 Å². The summed E-state index contributed by atoms with van der Waals surface area (Å²) in [4.78, 5) is 13.1. The number of aliphatic hydroxyl groups excluding tert-OH is 12. The van der Waals surface area contributed by atoms with Crippen LogP contribution in [0.25, 0.3) is 0 Å². The van der Waals surface area contributed by atoms with Gasteiger partial charge in [-0.2, -0.15) is 0 Å². The summed E-state index contributed by atoms with van der Waals surface area (Å²) in [7, 11) is -5.13. The molecule has 0 aromatic carbocycles. The number of rotatable bonds is 17. The summed E-state index contributed by atoms with van der Waals surface area (Å²) in [6.45, 7) is 15.0. The van der Waals surface area contributed by atoms with Crippen LogP contribution >= 0.6 is 0 Å². The molecule has 4 aliphatic carbocycles. The third-order valence-corrected chi connectivity index (χ3v) is 20.9. The summed E-state index contributed by atoms with van der Waals surface area (Å²) in [6, 6.07) is 0. The first-order valence-electron chi connectivity index (χ1n) is 29.9. The Kier molecular flexibility index (Phi) is 23.1. The zero-order valence-corrected chi connectivity index (χ0v) is 53.2. The summed E-state index contributed by atoms with van der Waals surface area (Å²) in [6.07, 6.45) is -36.2. The van der Waals surface area contributed by atoms with Crippen LogP contribution < -0.4 is 29.6 Å². The quantitative estimate of drug-likeness (QED) is 0.0214. The van der Waals surface area contributed by atoms with Gasteiger partial charge in [-0.3, -0.25) is 8.98 Å². The minimum atomic E-state index is -5.13. The van der Waals surface area contributed by atoms with Gasteiger partial charge in [0.25, 0.3) is 0 Å². The van der Waals surface area contributed by atoms with Gasteiger partial charge in [0.05, 0.1) is 43.2 Å². The van der Waals surface area contributed by atoms with Crippen molar-refractivity contribution in [3.05, 3.63) is 23.3 Å². The second kappa shape index (κ2) is 28.0. The summed E-state index contributed by atoms with van der Waals surface area (Å²) < 4.78 is 103. The normalized spacial score (nSPS) is 51.0. The van der Waals surface area contributed by atoms with Crippen molar-refractivity contribution in [2.75, 3.05) is 6.61 Å². The number of carbonyl (C=O) groups is 1. The van der Waals surface area contributed by atoms with Crippen molar-refractivity contribution in [2.45, 2.75) is 279 Å². The zero-order valence-electron chi connectivity index (χ0n) is 50.4. The number of ketones is 1. The van der Waals surface area contributed by atoms with Crippen molar-refractivity contribution in [3.8, 4) is 0 Å². The van der Waals surface area contributed by atoms with Crippen molar-refractivity contribution in [1.29, 1.82) is 0 Å². The first-order chi connectivity index (χ1) is 39.8. The number of fused-ring (bicyclic) bond motifs is 5. The molecule has 0 aromatic rings. The van der Waals surface area contributed by atoms with Crippen LogP contribution in [-0.2, 0) is 66.7 Å². The standard InChI is InChI=1S/C57H92O27S.Na/c1-21(2)16-27(59)17-22(3)30-10-11-31-29-19-34(33-18-28(84-85(71,72)73)12-14-57(33,9)32(29)13-15-56(30,31)8)78-53-46(70)48(39(63)35(20-58)79-53)81-55-50(83-52-44(68)41(65)37(61)24(5)75-52)45(69)47(26(7)77-55)80-54-49(42(66)38(62)25(6)76-54)82-51-43(67)40(64)36(60)23(4)74-51;/h13,16,22-26,28-31,33-55,58,60-70H,10-12,14-15,17-20H2,1-9H3,(H,71,72,73);/q;+1/p-1/t22?,23?,24?,25?,26?,28-,29?,30+,31?,33?,34-,35?,36?,37?,38?,39?,40?,41?,42?,43?,44?,45?,46?,47?,48?,49?,50?,51?,52?,53?,54?,55?,56+,57+;/m0./s1. The largest absolute Gasteiger partial charge is 1.00 e. The first-order valence-corrected chi connectivity index (χ1v) is 31.3. The van der Waals surface area contributed by atoms with Crippen molar-refractivity contribution >= 4 is 16.2 Å². The Morgan fingerprint density at radius 3 is 1.70 bits per heavy atom. The number of hydrogen-bond acceptors (Lipinski definition) is 27. The van der Waals surface area contributed by atoms with E-state index in [9.17, 15) is 79.0 Å². The van der Waals surface area contributed by atoms with Gasteiger partial charge in [-0.05, 0) is 133 Å². The fraction of sp³-hybridized carbons (Fsp3) is 0.912. The maximum atomic E-state index is 13.1.